The van der Waals surface area contributed by atoms with Gasteiger partial charge in [0, 0.05) is 37.2 Å². The Morgan fingerprint density at radius 2 is 1.96 bits per heavy atom. The molecule has 0 saturated carbocycles. The van der Waals surface area contributed by atoms with E-state index in [2.05, 4.69) is 5.32 Å². The van der Waals surface area contributed by atoms with E-state index in [4.69, 9.17) is 5.73 Å². The fourth-order valence-electron chi connectivity index (χ4n) is 2.62. The molecule has 1 heterocycles. The lowest BCUT2D eigenvalue weighted by atomic mass is 10.2. The van der Waals surface area contributed by atoms with Crippen molar-refractivity contribution in [2.24, 2.45) is 5.73 Å². The number of nitrogens with zero attached hydrogens (tertiary/aromatic N) is 2. The average Bonchev–Trinajstić information content (AvgIpc) is 3.04. The SMILES string of the molecule is NC(=O)C1CCCN1C(=O)CCNC(=O)c1ccc([N+](=O)[O-])cc1. The van der Waals surface area contributed by atoms with E-state index in [1.54, 1.807) is 0 Å². The molecule has 1 fully saturated rings. The first kappa shape index (κ1) is 17.4. The first-order valence-electron chi connectivity index (χ1n) is 7.51. The van der Waals surface area contributed by atoms with Gasteiger partial charge in [-0.05, 0) is 25.0 Å². The summed E-state index contributed by atoms with van der Waals surface area (Å²) in [5.41, 5.74) is 5.43. The number of non-ortho nitro benzene ring substituents is 1. The number of amides is 3. The molecule has 3 amide bonds. The quantitative estimate of drug-likeness (QED) is 0.565. The van der Waals surface area contributed by atoms with Crippen LogP contribution in [0.2, 0.25) is 0 Å². The molecule has 9 heteroatoms. The van der Waals surface area contributed by atoms with Gasteiger partial charge < -0.3 is 16.0 Å². The Kier molecular flexibility index (Phi) is 5.46. The van der Waals surface area contributed by atoms with E-state index in [0.29, 0.717) is 13.0 Å². The van der Waals surface area contributed by atoms with Gasteiger partial charge in [-0.2, -0.15) is 0 Å². The first-order valence-corrected chi connectivity index (χ1v) is 7.51. The molecule has 1 atom stereocenters. The second kappa shape index (κ2) is 7.53. The van der Waals surface area contributed by atoms with E-state index in [1.807, 2.05) is 0 Å². The lowest BCUT2D eigenvalue weighted by Crippen LogP contribution is -2.44. The topological polar surface area (TPSA) is 136 Å². The minimum atomic E-state index is -0.567. The van der Waals surface area contributed by atoms with Crippen LogP contribution in [0.5, 0.6) is 0 Å². The molecule has 1 saturated heterocycles. The molecule has 1 aromatic carbocycles. The summed E-state index contributed by atoms with van der Waals surface area (Å²) in [6.07, 6.45) is 1.35. The normalized spacial score (nSPS) is 16.7. The second-order valence-electron chi connectivity index (χ2n) is 5.46. The molecule has 0 aliphatic carbocycles. The monoisotopic (exact) mass is 334 g/mol. The first-order chi connectivity index (χ1) is 11.4. The highest BCUT2D eigenvalue weighted by molar-refractivity contribution is 5.94. The highest BCUT2D eigenvalue weighted by atomic mass is 16.6. The van der Waals surface area contributed by atoms with Crippen LogP contribution in [0, 0.1) is 10.1 Å². The Bertz CT molecular complexity index is 658. The van der Waals surface area contributed by atoms with Gasteiger partial charge >= 0.3 is 0 Å². The van der Waals surface area contributed by atoms with Crippen LogP contribution in [-0.4, -0.2) is 46.7 Å². The van der Waals surface area contributed by atoms with Gasteiger partial charge in [-0.15, -0.1) is 0 Å². The zero-order valence-corrected chi connectivity index (χ0v) is 12.9. The Morgan fingerprint density at radius 3 is 2.54 bits per heavy atom. The molecule has 3 N–H and O–H groups in total. The van der Waals surface area contributed by atoms with Crippen LogP contribution in [0.4, 0.5) is 5.69 Å². The van der Waals surface area contributed by atoms with Crippen molar-refractivity contribution in [3.63, 3.8) is 0 Å². The summed E-state index contributed by atoms with van der Waals surface area (Å²) < 4.78 is 0. The Morgan fingerprint density at radius 1 is 1.29 bits per heavy atom. The van der Waals surface area contributed by atoms with E-state index in [-0.39, 0.29) is 30.1 Å². The van der Waals surface area contributed by atoms with Gasteiger partial charge in [0.05, 0.1) is 4.92 Å². The fourth-order valence-corrected chi connectivity index (χ4v) is 2.62. The molecule has 0 bridgehead atoms. The standard InChI is InChI=1S/C15H18N4O5/c16-14(21)12-2-1-9-18(12)13(20)7-8-17-15(22)10-3-5-11(6-4-10)19(23)24/h3-6,12H,1-2,7-9H2,(H2,16,21)(H,17,22). The predicted octanol–water partition coefficient (Wildman–Crippen LogP) is 0.191. The minimum absolute atomic E-state index is 0.0580. The Labute approximate surface area is 137 Å². The van der Waals surface area contributed by atoms with Gasteiger partial charge in [0.1, 0.15) is 6.04 Å². The van der Waals surface area contributed by atoms with E-state index < -0.39 is 22.8 Å². The number of nitrogens with two attached hydrogens (primary N) is 1. The maximum absolute atomic E-state index is 12.1. The van der Waals surface area contributed by atoms with Crippen molar-refractivity contribution < 1.29 is 19.3 Å². The number of hydrogen-bond acceptors (Lipinski definition) is 5. The summed E-state index contributed by atoms with van der Waals surface area (Å²) in [5, 5.41) is 13.1. The largest absolute Gasteiger partial charge is 0.368 e. The lowest BCUT2D eigenvalue weighted by molar-refractivity contribution is -0.384. The molecule has 128 valence electrons. The molecule has 2 rings (SSSR count). The summed E-state index contributed by atoms with van der Waals surface area (Å²) in [7, 11) is 0. The molecule has 1 aliphatic heterocycles. The molecule has 0 aromatic heterocycles. The van der Waals surface area contributed by atoms with Crippen LogP contribution in [0.25, 0.3) is 0 Å². The summed E-state index contributed by atoms with van der Waals surface area (Å²) in [4.78, 5) is 46.7. The average molecular weight is 334 g/mol. The fraction of sp³-hybridized carbons (Fsp3) is 0.400. The Hall–Kier alpha value is -2.97. The molecule has 24 heavy (non-hydrogen) atoms. The van der Waals surface area contributed by atoms with E-state index >= 15 is 0 Å². The molecular weight excluding hydrogens is 316 g/mol. The number of likely N-dealkylation sites (tertiary alicyclic amines) is 1. The minimum Gasteiger partial charge on any atom is -0.368 e. The van der Waals surface area contributed by atoms with Crippen molar-refractivity contribution in [3.8, 4) is 0 Å². The second-order valence-corrected chi connectivity index (χ2v) is 5.46. The van der Waals surface area contributed by atoms with Crippen molar-refractivity contribution in [1.82, 2.24) is 10.2 Å². The lowest BCUT2D eigenvalue weighted by Gasteiger charge is -2.22. The summed E-state index contributed by atoms with van der Waals surface area (Å²) in [6.45, 7) is 0.597. The number of nitrogens with one attached hydrogen (secondary N) is 1. The van der Waals surface area contributed by atoms with Gasteiger partial charge in [-0.1, -0.05) is 0 Å². The number of hydrogen-bond donors (Lipinski definition) is 2. The summed E-state index contributed by atoms with van der Waals surface area (Å²) in [6, 6.07) is 4.60. The van der Waals surface area contributed by atoms with Crippen LogP contribution in [0.1, 0.15) is 29.6 Å². The molecule has 1 unspecified atom stereocenters. The maximum Gasteiger partial charge on any atom is 0.269 e. The van der Waals surface area contributed by atoms with Gasteiger partial charge in [0.2, 0.25) is 11.8 Å². The molecule has 9 nitrogen and oxygen atoms in total. The van der Waals surface area contributed by atoms with Crippen LogP contribution < -0.4 is 11.1 Å². The van der Waals surface area contributed by atoms with E-state index in [1.165, 1.54) is 29.2 Å². The van der Waals surface area contributed by atoms with Crippen molar-refractivity contribution in [2.45, 2.75) is 25.3 Å². The molecular formula is C15H18N4O5. The predicted molar refractivity (Wildman–Crippen MR) is 84.0 cm³/mol. The van der Waals surface area contributed by atoms with Crippen molar-refractivity contribution >= 4 is 23.4 Å². The molecule has 0 spiro atoms. The maximum atomic E-state index is 12.1. The van der Waals surface area contributed by atoms with E-state index in [0.717, 1.165) is 6.42 Å². The number of nitro groups is 1. The van der Waals surface area contributed by atoms with Gasteiger partial charge in [-0.3, -0.25) is 24.5 Å². The molecule has 1 aromatic rings. The zero-order chi connectivity index (χ0) is 17.7. The van der Waals surface area contributed by atoms with Gasteiger partial charge in [-0.25, -0.2) is 0 Å². The van der Waals surface area contributed by atoms with Crippen LogP contribution in [0.3, 0.4) is 0 Å². The Balaban J connectivity index is 1.83. The number of carbonyl (C=O) groups excluding carboxylic acids is 3. The third-order valence-corrected chi connectivity index (χ3v) is 3.87. The number of rotatable bonds is 6. The smallest absolute Gasteiger partial charge is 0.269 e. The van der Waals surface area contributed by atoms with Gasteiger partial charge in [0.15, 0.2) is 0 Å². The number of nitro benzene ring substituents is 1. The number of primary amides is 1. The van der Waals surface area contributed by atoms with Crippen molar-refractivity contribution in [1.29, 1.82) is 0 Å². The van der Waals surface area contributed by atoms with Crippen LogP contribution in [-0.2, 0) is 9.59 Å². The van der Waals surface area contributed by atoms with Crippen LogP contribution in [0.15, 0.2) is 24.3 Å². The third-order valence-electron chi connectivity index (χ3n) is 3.87. The van der Waals surface area contributed by atoms with E-state index in [9.17, 15) is 24.5 Å². The third kappa shape index (κ3) is 4.06. The van der Waals surface area contributed by atoms with Crippen molar-refractivity contribution in [3.05, 3.63) is 39.9 Å². The molecule has 1 aliphatic rings. The number of carbonyl (C=O) groups is 3. The highest BCUT2D eigenvalue weighted by Gasteiger charge is 2.32. The zero-order valence-electron chi connectivity index (χ0n) is 12.9. The number of benzene rings is 1. The summed E-state index contributed by atoms with van der Waals surface area (Å²) >= 11 is 0. The molecule has 0 radical (unpaired) electrons. The van der Waals surface area contributed by atoms with Gasteiger partial charge in [0.25, 0.3) is 11.6 Å². The highest BCUT2D eigenvalue weighted by Crippen LogP contribution is 2.17. The summed E-state index contributed by atoms with van der Waals surface area (Å²) in [5.74, 6) is -1.18. The van der Waals surface area contributed by atoms with Crippen molar-refractivity contribution in [2.75, 3.05) is 13.1 Å². The van der Waals surface area contributed by atoms with Crippen LogP contribution >= 0.6 is 0 Å².